The van der Waals surface area contributed by atoms with Gasteiger partial charge in [-0.1, -0.05) is 87.4 Å². The molecule has 0 aromatic heterocycles. The Kier molecular flexibility index (Phi) is 13.3. The number of methoxy groups -OCH3 is 1. The van der Waals surface area contributed by atoms with Crippen LogP contribution in [-0.2, 0) is 19.0 Å². The molecule has 2 heterocycles. The predicted octanol–water partition coefficient (Wildman–Crippen LogP) is 6.43. The second kappa shape index (κ2) is 16.4. The molecule has 1 aromatic rings. The van der Waals surface area contributed by atoms with Crippen LogP contribution in [0.3, 0.4) is 0 Å². The molecule has 5 atom stereocenters. The molecule has 9 nitrogen and oxygen atoms in total. The highest BCUT2D eigenvalue weighted by atomic mass is 16.7. The van der Waals surface area contributed by atoms with Crippen molar-refractivity contribution in [2.24, 2.45) is 17.7 Å². The Morgan fingerprint density at radius 1 is 1.22 bits per heavy atom. The van der Waals surface area contributed by atoms with Gasteiger partial charge in [-0.25, -0.2) is 10.6 Å². The fraction of sp³-hybridized carbons (Fsp3) is 0.611. The summed E-state index contributed by atoms with van der Waals surface area (Å²) >= 11 is 0. The third-order valence-electron chi connectivity index (χ3n) is 9.47. The van der Waals surface area contributed by atoms with Crippen molar-refractivity contribution in [1.29, 1.82) is 0 Å². The predicted molar refractivity (Wildman–Crippen MR) is 180 cm³/mol. The number of carbonyl (C=O) groups excluding carboxylic acids is 2. The van der Waals surface area contributed by atoms with Crippen molar-refractivity contribution in [1.82, 2.24) is 15.2 Å². The van der Waals surface area contributed by atoms with E-state index in [0.29, 0.717) is 39.0 Å². The fourth-order valence-electron chi connectivity index (χ4n) is 6.10. The summed E-state index contributed by atoms with van der Waals surface area (Å²) < 4.78 is 17.7. The summed E-state index contributed by atoms with van der Waals surface area (Å²) in [5.41, 5.74) is 2.54. The highest BCUT2D eigenvalue weighted by Gasteiger charge is 2.57. The minimum absolute atomic E-state index is 0.110. The number of hydrazine groups is 1. The molecule has 0 bridgehead atoms. The number of amides is 1. The molecule has 0 spiro atoms. The van der Waals surface area contributed by atoms with E-state index in [0.717, 1.165) is 48.1 Å². The number of nitrogens with zero attached hydrogens (tertiary/aromatic N) is 2. The molecule has 3 N–H and O–H groups in total. The summed E-state index contributed by atoms with van der Waals surface area (Å²) in [5.74, 6) is 5.82. The Labute approximate surface area is 270 Å². The molecule has 2 aliphatic rings. The first kappa shape index (κ1) is 36.3. The van der Waals surface area contributed by atoms with E-state index in [1.807, 2.05) is 44.0 Å². The number of hydrogen-bond acceptors (Lipinski definition) is 8. The van der Waals surface area contributed by atoms with E-state index in [-0.39, 0.29) is 11.9 Å². The molecule has 2 fully saturated rings. The second-order valence-corrected chi connectivity index (χ2v) is 12.9. The quantitative estimate of drug-likeness (QED) is 0.0955. The number of nitrogens with one attached hydrogen (secondary N) is 1. The Bertz CT molecular complexity index is 1220. The van der Waals surface area contributed by atoms with Crippen molar-refractivity contribution in [3.8, 4) is 0 Å². The van der Waals surface area contributed by atoms with E-state index in [1.54, 1.807) is 12.0 Å². The monoisotopic (exact) mass is 624 g/mol. The van der Waals surface area contributed by atoms with Crippen LogP contribution in [0.25, 0.3) is 5.70 Å². The van der Waals surface area contributed by atoms with Crippen LogP contribution in [0, 0.1) is 11.8 Å². The number of nitrogens with two attached hydrogens (primary N) is 1. The van der Waals surface area contributed by atoms with Gasteiger partial charge in [-0.3, -0.25) is 9.69 Å². The van der Waals surface area contributed by atoms with Gasteiger partial charge >= 0.3 is 12.1 Å². The highest BCUT2D eigenvalue weighted by molar-refractivity contribution is 5.77. The van der Waals surface area contributed by atoms with Crippen LogP contribution in [0.15, 0.2) is 60.2 Å². The number of cyclic esters (lactones) is 1. The van der Waals surface area contributed by atoms with Crippen molar-refractivity contribution in [3.63, 3.8) is 0 Å². The number of benzene rings is 1. The minimum atomic E-state index is -1.05. The van der Waals surface area contributed by atoms with E-state index in [9.17, 15) is 9.59 Å². The Morgan fingerprint density at radius 2 is 1.93 bits per heavy atom. The van der Waals surface area contributed by atoms with Gasteiger partial charge in [0.25, 0.3) is 0 Å². The maximum atomic E-state index is 13.1. The molecule has 0 radical (unpaired) electrons. The lowest BCUT2D eigenvalue weighted by Gasteiger charge is -2.52. The van der Waals surface area contributed by atoms with Crippen LogP contribution in [0.1, 0.15) is 85.6 Å². The lowest BCUT2D eigenvalue weighted by molar-refractivity contribution is -0.236. The van der Waals surface area contributed by atoms with Crippen LogP contribution >= 0.6 is 0 Å². The van der Waals surface area contributed by atoms with Crippen molar-refractivity contribution >= 4 is 17.8 Å². The molecule has 45 heavy (non-hydrogen) atoms. The summed E-state index contributed by atoms with van der Waals surface area (Å²) in [4.78, 5) is 27.7. The van der Waals surface area contributed by atoms with E-state index in [4.69, 9.17) is 20.1 Å². The number of esters is 1. The van der Waals surface area contributed by atoms with Gasteiger partial charge in [0, 0.05) is 33.3 Å². The summed E-state index contributed by atoms with van der Waals surface area (Å²) in [7, 11) is 1.73. The maximum Gasteiger partial charge on any atom is 0.415 e. The zero-order chi connectivity index (χ0) is 33.2. The number of allylic oxidation sites excluding steroid dienone is 1. The molecule has 1 aromatic carbocycles. The second-order valence-electron chi connectivity index (χ2n) is 12.9. The first-order chi connectivity index (χ1) is 21.4. The zero-order valence-corrected chi connectivity index (χ0v) is 28.6. The average molecular weight is 625 g/mol. The van der Waals surface area contributed by atoms with Gasteiger partial charge in [-0.2, -0.15) is 0 Å². The minimum Gasteiger partial charge on any atom is -0.456 e. The van der Waals surface area contributed by atoms with E-state index >= 15 is 0 Å². The molecule has 0 saturated carbocycles. The first-order valence-electron chi connectivity index (χ1n) is 16.5. The Morgan fingerprint density at radius 3 is 2.56 bits per heavy atom. The van der Waals surface area contributed by atoms with Crippen molar-refractivity contribution < 1.29 is 23.8 Å². The summed E-state index contributed by atoms with van der Waals surface area (Å²) in [6, 6.07) is 10.2. The van der Waals surface area contributed by atoms with Crippen LogP contribution in [-0.4, -0.2) is 72.7 Å². The van der Waals surface area contributed by atoms with Crippen molar-refractivity contribution in [2.45, 2.75) is 97.5 Å². The van der Waals surface area contributed by atoms with Gasteiger partial charge in [-0.05, 0) is 64.4 Å². The van der Waals surface area contributed by atoms with E-state index in [1.165, 1.54) is 0 Å². The number of fused-ring (bicyclic) bond motifs is 1. The van der Waals surface area contributed by atoms with Gasteiger partial charge in [0.15, 0.2) is 6.10 Å². The third-order valence-corrected chi connectivity index (χ3v) is 9.47. The third kappa shape index (κ3) is 9.21. The van der Waals surface area contributed by atoms with Gasteiger partial charge in [0.05, 0.1) is 17.2 Å². The van der Waals surface area contributed by atoms with Gasteiger partial charge in [0.2, 0.25) is 5.72 Å². The number of ether oxygens (including phenoxy) is 3. The summed E-state index contributed by atoms with van der Waals surface area (Å²) in [5, 5.41) is 5.32. The maximum absolute atomic E-state index is 13.1. The number of rotatable bonds is 11. The summed E-state index contributed by atoms with van der Waals surface area (Å²) in [6.45, 7) is 18.5. The van der Waals surface area contributed by atoms with E-state index in [2.05, 4.69) is 57.0 Å². The molecular weight excluding hydrogens is 568 g/mol. The molecule has 9 heteroatoms. The largest absolute Gasteiger partial charge is 0.456 e. The number of hydrogen-bond donors (Lipinski definition) is 2. The average Bonchev–Trinajstić information content (AvgIpc) is 3.03. The zero-order valence-electron chi connectivity index (χ0n) is 28.6. The normalized spacial score (nSPS) is 29.4. The Hall–Kier alpha value is -3.14. The standard InChI is InChI=1S/C36H56N4O5/c1-9-11-17-31(29-15-13-12-14-16-29)40(37)23-22-38-21-19-30-25-39-34(42)45-36(39,7)32(10-2)44-33(41)28(5)26(3)18-20-35(6,43-8)24-27(30)4/h12-17,19,27-28,32,38H,3,9-11,18,20-25,37H2,1-2,4-8H3/b30-19-,31-17+/t27-,28?,32-,35+,36-/m1/s1. The topological polar surface area (TPSA) is 106 Å². The smallest absolute Gasteiger partial charge is 0.415 e. The van der Waals surface area contributed by atoms with Crippen molar-refractivity contribution in [2.75, 3.05) is 33.3 Å². The number of unbranched alkanes of at least 4 members (excludes halogenated alkanes) is 1. The lowest BCUT2D eigenvalue weighted by atomic mass is 9.82. The van der Waals surface area contributed by atoms with Gasteiger partial charge in [-0.15, -0.1) is 0 Å². The lowest BCUT2D eigenvalue weighted by Crippen LogP contribution is -2.70. The molecule has 0 aliphatic carbocycles. The first-order valence-corrected chi connectivity index (χ1v) is 16.5. The molecule has 1 unspecified atom stereocenters. The summed E-state index contributed by atoms with van der Waals surface area (Å²) in [6.07, 6.45) is 7.98. The SMILES string of the molecule is C=C1CC[C@](C)(OC)C[C@@H](C)/C(=C\CNCCN(N)/C(=C/CCC)c2ccccc2)CN2C(=O)O[C@]2(C)[C@@H](CC)OC(=O)C1C. The molecule has 2 saturated heterocycles. The van der Waals surface area contributed by atoms with Crippen LogP contribution in [0.2, 0.25) is 0 Å². The van der Waals surface area contributed by atoms with Crippen LogP contribution in [0.4, 0.5) is 4.79 Å². The van der Waals surface area contributed by atoms with Crippen LogP contribution < -0.4 is 11.2 Å². The fourth-order valence-corrected chi connectivity index (χ4v) is 6.10. The van der Waals surface area contributed by atoms with Gasteiger partial charge < -0.3 is 24.5 Å². The molecule has 3 rings (SSSR count). The van der Waals surface area contributed by atoms with E-state index < -0.39 is 29.4 Å². The molecule has 2 aliphatic heterocycles. The highest BCUT2D eigenvalue weighted by Crippen LogP contribution is 2.39. The Balaban J connectivity index is 1.79. The molecule has 250 valence electrons. The molecule has 1 amide bonds. The van der Waals surface area contributed by atoms with Gasteiger partial charge in [0.1, 0.15) is 0 Å². The number of carbonyl (C=O) groups is 2. The van der Waals surface area contributed by atoms with Crippen LogP contribution in [0.5, 0.6) is 0 Å². The van der Waals surface area contributed by atoms with Crippen molar-refractivity contribution in [3.05, 3.63) is 65.8 Å². The molecular formula is C36H56N4O5.